The first-order chi connectivity index (χ1) is 5.16. The molecule has 0 radical (unpaired) electrons. The van der Waals surface area contributed by atoms with Gasteiger partial charge < -0.3 is 14.2 Å². The van der Waals surface area contributed by atoms with Gasteiger partial charge in [0.25, 0.3) is 0 Å². The van der Waals surface area contributed by atoms with Crippen molar-refractivity contribution in [3.05, 3.63) is 0 Å². The SMILES string of the molecule is COCOC(=O)OCC(C)C. The monoisotopic (exact) mass is 162 g/mol. The van der Waals surface area contributed by atoms with Gasteiger partial charge in [0, 0.05) is 7.11 Å². The van der Waals surface area contributed by atoms with Crippen LogP contribution in [0.25, 0.3) is 0 Å². The Kier molecular flexibility index (Phi) is 5.56. The lowest BCUT2D eigenvalue weighted by molar-refractivity contribution is -0.0289. The number of hydrogen-bond acceptors (Lipinski definition) is 4. The molecular formula is C7H14O4. The molecule has 0 unspecified atom stereocenters. The first-order valence-electron chi connectivity index (χ1n) is 3.45. The number of carbonyl (C=O) groups is 1. The molecule has 0 aromatic heterocycles. The maximum Gasteiger partial charge on any atom is 0.510 e. The van der Waals surface area contributed by atoms with Crippen LogP contribution < -0.4 is 0 Å². The third kappa shape index (κ3) is 7.12. The second-order valence-electron chi connectivity index (χ2n) is 2.51. The topological polar surface area (TPSA) is 44.8 Å². The van der Waals surface area contributed by atoms with Crippen LogP contribution in [0.1, 0.15) is 13.8 Å². The van der Waals surface area contributed by atoms with Gasteiger partial charge in [0.15, 0.2) is 6.79 Å². The number of carbonyl (C=O) groups excluding carboxylic acids is 1. The van der Waals surface area contributed by atoms with E-state index >= 15 is 0 Å². The summed E-state index contributed by atoms with van der Waals surface area (Å²) in [4.78, 5) is 10.6. The van der Waals surface area contributed by atoms with Crippen molar-refractivity contribution in [3.63, 3.8) is 0 Å². The summed E-state index contributed by atoms with van der Waals surface area (Å²) in [5.74, 6) is 0.324. The smallest absolute Gasteiger partial charge is 0.434 e. The van der Waals surface area contributed by atoms with E-state index in [9.17, 15) is 4.79 Å². The lowest BCUT2D eigenvalue weighted by Crippen LogP contribution is -2.12. The van der Waals surface area contributed by atoms with Gasteiger partial charge in [-0.05, 0) is 5.92 Å². The van der Waals surface area contributed by atoms with E-state index in [-0.39, 0.29) is 6.79 Å². The summed E-state index contributed by atoms with van der Waals surface area (Å²) < 4.78 is 13.6. The number of methoxy groups -OCH3 is 1. The summed E-state index contributed by atoms with van der Waals surface area (Å²) in [6, 6.07) is 0. The lowest BCUT2D eigenvalue weighted by Gasteiger charge is -2.06. The highest BCUT2D eigenvalue weighted by atomic mass is 16.8. The second-order valence-corrected chi connectivity index (χ2v) is 2.51. The molecule has 0 heterocycles. The molecule has 4 nitrogen and oxygen atoms in total. The minimum atomic E-state index is -0.680. The largest absolute Gasteiger partial charge is 0.510 e. The van der Waals surface area contributed by atoms with Gasteiger partial charge in [0.05, 0.1) is 6.61 Å². The van der Waals surface area contributed by atoms with E-state index in [1.807, 2.05) is 13.8 Å². The average Bonchev–Trinajstić information content (AvgIpc) is 1.97. The molecule has 0 aliphatic heterocycles. The normalized spacial score (nSPS) is 9.82. The zero-order valence-corrected chi connectivity index (χ0v) is 7.12. The van der Waals surface area contributed by atoms with E-state index < -0.39 is 6.16 Å². The predicted octanol–water partition coefficient (Wildman–Crippen LogP) is 1.40. The van der Waals surface area contributed by atoms with E-state index in [0.717, 1.165) is 0 Å². The van der Waals surface area contributed by atoms with Crippen LogP contribution in [0.3, 0.4) is 0 Å². The van der Waals surface area contributed by atoms with Crippen LogP contribution in [0.2, 0.25) is 0 Å². The first kappa shape index (κ1) is 10.2. The number of ether oxygens (including phenoxy) is 3. The van der Waals surface area contributed by atoms with Crippen LogP contribution in [0.4, 0.5) is 4.79 Å². The number of hydrogen-bond donors (Lipinski definition) is 0. The van der Waals surface area contributed by atoms with Gasteiger partial charge in [-0.3, -0.25) is 0 Å². The van der Waals surface area contributed by atoms with Gasteiger partial charge in [-0.1, -0.05) is 13.8 Å². The Labute approximate surface area is 66.4 Å². The van der Waals surface area contributed by atoms with Gasteiger partial charge in [-0.25, -0.2) is 4.79 Å². The molecule has 0 saturated carbocycles. The van der Waals surface area contributed by atoms with Crippen molar-refractivity contribution in [2.45, 2.75) is 13.8 Å². The molecule has 0 saturated heterocycles. The highest BCUT2D eigenvalue weighted by Crippen LogP contribution is 1.94. The summed E-state index contributed by atoms with van der Waals surface area (Å²) in [7, 11) is 1.44. The summed E-state index contributed by atoms with van der Waals surface area (Å²) in [6.07, 6.45) is -0.680. The molecule has 0 rings (SSSR count). The summed E-state index contributed by atoms with van der Waals surface area (Å²) >= 11 is 0. The standard InChI is InChI=1S/C7H14O4/c1-6(2)4-10-7(8)11-5-9-3/h6H,4-5H2,1-3H3. The first-order valence-corrected chi connectivity index (χ1v) is 3.45. The molecule has 0 fully saturated rings. The minimum Gasteiger partial charge on any atom is -0.434 e. The van der Waals surface area contributed by atoms with Crippen molar-refractivity contribution in [1.29, 1.82) is 0 Å². The van der Waals surface area contributed by atoms with Gasteiger partial charge >= 0.3 is 6.16 Å². The Morgan fingerprint density at radius 3 is 2.45 bits per heavy atom. The van der Waals surface area contributed by atoms with Gasteiger partial charge in [-0.15, -0.1) is 0 Å². The highest BCUT2D eigenvalue weighted by Gasteiger charge is 2.03. The van der Waals surface area contributed by atoms with E-state index in [2.05, 4.69) is 14.2 Å². The molecule has 11 heavy (non-hydrogen) atoms. The van der Waals surface area contributed by atoms with Crippen molar-refractivity contribution in [3.8, 4) is 0 Å². The van der Waals surface area contributed by atoms with Crippen LogP contribution in [0.15, 0.2) is 0 Å². The van der Waals surface area contributed by atoms with E-state index in [1.54, 1.807) is 0 Å². The van der Waals surface area contributed by atoms with Crippen LogP contribution in [-0.4, -0.2) is 26.7 Å². The van der Waals surface area contributed by atoms with Crippen molar-refractivity contribution in [2.24, 2.45) is 5.92 Å². The van der Waals surface area contributed by atoms with Crippen molar-refractivity contribution in [2.75, 3.05) is 20.5 Å². The summed E-state index contributed by atoms with van der Waals surface area (Å²) in [6.45, 7) is 4.21. The fourth-order valence-corrected chi connectivity index (χ4v) is 0.383. The van der Waals surface area contributed by atoms with E-state index in [1.165, 1.54) is 7.11 Å². The second kappa shape index (κ2) is 5.97. The van der Waals surface area contributed by atoms with Gasteiger partial charge in [0.1, 0.15) is 0 Å². The Hall–Kier alpha value is -0.770. The molecule has 0 aromatic carbocycles. The molecule has 0 aliphatic carbocycles. The summed E-state index contributed by atoms with van der Waals surface area (Å²) in [5.41, 5.74) is 0. The minimum absolute atomic E-state index is 0.0586. The quantitative estimate of drug-likeness (QED) is 0.463. The van der Waals surface area contributed by atoms with Gasteiger partial charge in [-0.2, -0.15) is 0 Å². The maximum atomic E-state index is 10.6. The Bertz CT molecular complexity index is 111. The highest BCUT2D eigenvalue weighted by molar-refractivity contribution is 5.59. The third-order valence-electron chi connectivity index (χ3n) is 0.829. The van der Waals surface area contributed by atoms with Crippen LogP contribution in [0, 0.1) is 5.92 Å². The average molecular weight is 162 g/mol. The van der Waals surface area contributed by atoms with Gasteiger partial charge in [0.2, 0.25) is 0 Å². The molecule has 0 bridgehead atoms. The van der Waals surface area contributed by atoms with Crippen LogP contribution in [0.5, 0.6) is 0 Å². The molecule has 66 valence electrons. The van der Waals surface area contributed by atoms with Crippen LogP contribution in [-0.2, 0) is 14.2 Å². The Balaban J connectivity index is 3.23. The van der Waals surface area contributed by atoms with Crippen molar-refractivity contribution >= 4 is 6.16 Å². The van der Waals surface area contributed by atoms with E-state index in [0.29, 0.717) is 12.5 Å². The van der Waals surface area contributed by atoms with Crippen molar-refractivity contribution < 1.29 is 19.0 Å². The number of rotatable bonds is 4. The molecule has 0 aliphatic rings. The zero-order chi connectivity index (χ0) is 8.69. The molecule has 0 N–H and O–H groups in total. The predicted molar refractivity (Wildman–Crippen MR) is 39.1 cm³/mol. The van der Waals surface area contributed by atoms with Crippen molar-refractivity contribution in [1.82, 2.24) is 0 Å². The lowest BCUT2D eigenvalue weighted by atomic mass is 10.2. The fraction of sp³-hybridized carbons (Fsp3) is 0.857. The Morgan fingerprint density at radius 1 is 1.36 bits per heavy atom. The Morgan fingerprint density at radius 2 is 2.00 bits per heavy atom. The fourth-order valence-electron chi connectivity index (χ4n) is 0.383. The zero-order valence-electron chi connectivity index (χ0n) is 7.12. The molecule has 0 amide bonds. The molecule has 4 heteroatoms. The summed E-state index contributed by atoms with van der Waals surface area (Å²) in [5, 5.41) is 0. The van der Waals surface area contributed by atoms with Crippen LogP contribution >= 0.6 is 0 Å². The molecule has 0 atom stereocenters. The molecule has 0 aromatic rings. The van der Waals surface area contributed by atoms with E-state index in [4.69, 9.17) is 0 Å². The molecular weight excluding hydrogens is 148 g/mol. The molecule has 0 spiro atoms. The third-order valence-corrected chi connectivity index (χ3v) is 0.829. The maximum absolute atomic E-state index is 10.6.